The SMILES string of the molecule is CCC(C)(CC)NC(COC)C1CC1. The van der Waals surface area contributed by atoms with Crippen molar-refractivity contribution in [1.29, 1.82) is 0 Å². The maximum Gasteiger partial charge on any atom is 0.0618 e. The third kappa shape index (κ3) is 3.25. The van der Waals surface area contributed by atoms with Gasteiger partial charge in [-0.05, 0) is 38.5 Å². The minimum Gasteiger partial charge on any atom is -0.383 e. The van der Waals surface area contributed by atoms with Crippen LogP contribution in [0.1, 0.15) is 46.5 Å². The van der Waals surface area contributed by atoms with E-state index in [2.05, 4.69) is 26.1 Å². The molecule has 2 nitrogen and oxygen atoms in total. The van der Waals surface area contributed by atoms with Gasteiger partial charge in [0.1, 0.15) is 0 Å². The van der Waals surface area contributed by atoms with Crippen LogP contribution in [-0.4, -0.2) is 25.3 Å². The Hall–Kier alpha value is -0.0800. The van der Waals surface area contributed by atoms with E-state index in [9.17, 15) is 0 Å². The molecule has 0 saturated heterocycles. The number of hydrogen-bond acceptors (Lipinski definition) is 2. The summed E-state index contributed by atoms with van der Waals surface area (Å²) in [5.41, 5.74) is 0.297. The molecule has 1 aliphatic carbocycles. The van der Waals surface area contributed by atoms with E-state index in [1.165, 1.54) is 25.7 Å². The fourth-order valence-corrected chi connectivity index (χ4v) is 1.88. The Morgan fingerprint density at radius 2 is 1.93 bits per heavy atom. The monoisotopic (exact) mass is 199 g/mol. The molecule has 0 aromatic rings. The normalized spacial score (nSPS) is 19.7. The smallest absolute Gasteiger partial charge is 0.0618 e. The highest BCUT2D eigenvalue weighted by Gasteiger charge is 2.34. The summed E-state index contributed by atoms with van der Waals surface area (Å²) in [5.74, 6) is 0.868. The summed E-state index contributed by atoms with van der Waals surface area (Å²) in [6, 6.07) is 0.574. The second-order valence-corrected chi connectivity index (χ2v) is 4.81. The van der Waals surface area contributed by atoms with Crippen LogP contribution in [0.3, 0.4) is 0 Å². The van der Waals surface area contributed by atoms with Crippen molar-refractivity contribution < 1.29 is 4.74 Å². The van der Waals surface area contributed by atoms with Crippen LogP contribution in [0, 0.1) is 5.92 Å². The van der Waals surface area contributed by atoms with Crippen molar-refractivity contribution in [2.24, 2.45) is 5.92 Å². The molecule has 0 aliphatic heterocycles. The maximum atomic E-state index is 5.28. The molecule has 0 heterocycles. The van der Waals surface area contributed by atoms with Crippen molar-refractivity contribution in [2.45, 2.75) is 58.0 Å². The fraction of sp³-hybridized carbons (Fsp3) is 1.00. The number of nitrogens with one attached hydrogen (secondary N) is 1. The zero-order valence-electron chi connectivity index (χ0n) is 10.1. The predicted octanol–water partition coefficient (Wildman–Crippen LogP) is 2.58. The molecule has 1 rings (SSSR count). The summed E-state index contributed by atoms with van der Waals surface area (Å²) in [6.07, 6.45) is 5.14. The number of methoxy groups -OCH3 is 1. The lowest BCUT2D eigenvalue weighted by Crippen LogP contribution is -2.50. The van der Waals surface area contributed by atoms with Crippen LogP contribution in [0.2, 0.25) is 0 Å². The lowest BCUT2D eigenvalue weighted by molar-refractivity contribution is 0.134. The standard InChI is InChI=1S/C12H25NO/c1-5-12(3,6-2)13-11(9-14-4)10-7-8-10/h10-11,13H,5-9H2,1-4H3. The molecular weight excluding hydrogens is 174 g/mol. The van der Waals surface area contributed by atoms with Crippen LogP contribution in [0.25, 0.3) is 0 Å². The first kappa shape index (κ1) is 12.0. The first-order valence-electron chi connectivity index (χ1n) is 5.91. The molecule has 1 N–H and O–H groups in total. The van der Waals surface area contributed by atoms with E-state index in [1.807, 2.05) is 0 Å². The van der Waals surface area contributed by atoms with Gasteiger partial charge in [0.15, 0.2) is 0 Å². The lowest BCUT2D eigenvalue weighted by Gasteiger charge is -2.33. The van der Waals surface area contributed by atoms with Gasteiger partial charge in [-0.15, -0.1) is 0 Å². The van der Waals surface area contributed by atoms with Crippen molar-refractivity contribution in [3.63, 3.8) is 0 Å². The van der Waals surface area contributed by atoms with Gasteiger partial charge in [-0.2, -0.15) is 0 Å². The lowest BCUT2D eigenvalue weighted by atomic mass is 9.93. The van der Waals surface area contributed by atoms with Gasteiger partial charge in [-0.1, -0.05) is 13.8 Å². The molecule has 14 heavy (non-hydrogen) atoms. The van der Waals surface area contributed by atoms with Gasteiger partial charge in [0.25, 0.3) is 0 Å². The van der Waals surface area contributed by atoms with Crippen molar-refractivity contribution in [2.75, 3.05) is 13.7 Å². The Labute approximate surface area is 88.4 Å². The fourth-order valence-electron chi connectivity index (χ4n) is 1.88. The van der Waals surface area contributed by atoms with E-state index < -0.39 is 0 Å². The van der Waals surface area contributed by atoms with Gasteiger partial charge in [-0.25, -0.2) is 0 Å². The number of ether oxygens (including phenoxy) is 1. The third-order valence-electron chi connectivity index (χ3n) is 3.63. The largest absolute Gasteiger partial charge is 0.383 e. The Kier molecular flexibility index (Phi) is 4.39. The minimum absolute atomic E-state index is 0.297. The minimum atomic E-state index is 0.297. The molecule has 1 atom stereocenters. The van der Waals surface area contributed by atoms with E-state index in [4.69, 9.17) is 4.74 Å². The van der Waals surface area contributed by atoms with Crippen LogP contribution < -0.4 is 5.32 Å². The van der Waals surface area contributed by atoms with Gasteiger partial charge in [0, 0.05) is 18.7 Å². The molecular formula is C12H25NO. The summed E-state index contributed by atoms with van der Waals surface area (Å²) in [4.78, 5) is 0. The van der Waals surface area contributed by atoms with Gasteiger partial charge >= 0.3 is 0 Å². The van der Waals surface area contributed by atoms with Crippen molar-refractivity contribution in [1.82, 2.24) is 5.32 Å². The van der Waals surface area contributed by atoms with Crippen molar-refractivity contribution >= 4 is 0 Å². The number of hydrogen-bond donors (Lipinski definition) is 1. The maximum absolute atomic E-state index is 5.28. The predicted molar refractivity (Wildman–Crippen MR) is 60.5 cm³/mol. The topological polar surface area (TPSA) is 21.3 Å². The Balaban J connectivity index is 2.43. The molecule has 1 aliphatic rings. The average Bonchev–Trinajstić information content (AvgIpc) is 3.00. The van der Waals surface area contributed by atoms with Gasteiger partial charge in [-0.3, -0.25) is 0 Å². The van der Waals surface area contributed by atoms with Crippen molar-refractivity contribution in [3.8, 4) is 0 Å². The zero-order chi connectivity index (χ0) is 10.6. The van der Waals surface area contributed by atoms with Gasteiger partial charge in [0.05, 0.1) is 6.61 Å². The highest BCUT2D eigenvalue weighted by Crippen LogP contribution is 2.34. The van der Waals surface area contributed by atoms with E-state index in [0.29, 0.717) is 11.6 Å². The molecule has 0 bridgehead atoms. The summed E-state index contributed by atoms with van der Waals surface area (Å²) >= 11 is 0. The second kappa shape index (κ2) is 5.13. The molecule has 0 radical (unpaired) electrons. The van der Waals surface area contributed by atoms with Crippen LogP contribution >= 0.6 is 0 Å². The first-order chi connectivity index (χ1) is 6.65. The first-order valence-corrected chi connectivity index (χ1v) is 5.91. The number of rotatable bonds is 7. The van der Waals surface area contributed by atoms with Crippen molar-refractivity contribution in [3.05, 3.63) is 0 Å². The molecule has 2 heteroatoms. The molecule has 1 unspecified atom stereocenters. The van der Waals surface area contributed by atoms with Gasteiger partial charge in [0.2, 0.25) is 0 Å². The highest BCUT2D eigenvalue weighted by molar-refractivity contribution is 4.92. The van der Waals surface area contributed by atoms with E-state index in [-0.39, 0.29) is 0 Å². The molecule has 0 aromatic carbocycles. The molecule has 0 aromatic heterocycles. The summed E-state index contributed by atoms with van der Waals surface area (Å²) < 4.78 is 5.28. The molecule has 1 fully saturated rings. The molecule has 84 valence electrons. The molecule has 0 spiro atoms. The third-order valence-corrected chi connectivity index (χ3v) is 3.63. The van der Waals surface area contributed by atoms with Gasteiger partial charge < -0.3 is 10.1 Å². The van der Waals surface area contributed by atoms with Crippen LogP contribution in [0.5, 0.6) is 0 Å². The quantitative estimate of drug-likeness (QED) is 0.680. The van der Waals surface area contributed by atoms with Crippen LogP contribution in [0.15, 0.2) is 0 Å². The Bertz CT molecular complexity index is 162. The average molecular weight is 199 g/mol. The van der Waals surface area contributed by atoms with E-state index in [0.717, 1.165) is 12.5 Å². The summed E-state index contributed by atoms with van der Waals surface area (Å²) in [5, 5.41) is 3.77. The Morgan fingerprint density at radius 3 is 2.29 bits per heavy atom. The van der Waals surface area contributed by atoms with E-state index >= 15 is 0 Å². The second-order valence-electron chi connectivity index (χ2n) is 4.81. The summed E-state index contributed by atoms with van der Waals surface area (Å²) in [7, 11) is 1.80. The summed E-state index contributed by atoms with van der Waals surface area (Å²) in [6.45, 7) is 7.69. The van der Waals surface area contributed by atoms with E-state index in [1.54, 1.807) is 7.11 Å². The highest BCUT2D eigenvalue weighted by atomic mass is 16.5. The molecule has 0 amide bonds. The van der Waals surface area contributed by atoms with Crippen LogP contribution in [-0.2, 0) is 4.74 Å². The Morgan fingerprint density at radius 1 is 1.36 bits per heavy atom. The zero-order valence-corrected chi connectivity index (χ0v) is 10.1. The molecule has 1 saturated carbocycles. The van der Waals surface area contributed by atoms with Crippen LogP contribution in [0.4, 0.5) is 0 Å².